The van der Waals surface area contributed by atoms with Gasteiger partial charge in [-0.1, -0.05) is 96.0 Å². The molecule has 0 fully saturated rings. The molecule has 0 saturated carbocycles. The van der Waals surface area contributed by atoms with Crippen LogP contribution in [0.2, 0.25) is 0 Å². The quantitative estimate of drug-likeness (QED) is 0.169. The van der Waals surface area contributed by atoms with Crippen molar-refractivity contribution in [2.75, 3.05) is 0 Å². The number of nitrogens with zero attached hydrogens (tertiary/aromatic N) is 3. The zero-order valence-electron chi connectivity index (χ0n) is 21.1. The zero-order chi connectivity index (χ0) is 26.0. The second-order valence-electron chi connectivity index (χ2n) is 9.05. The first-order valence-corrected chi connectivity index (χ1v) is 12.6. The second kappa shape index (κ2) is 11.1. The molecule has 0 aliphatic carbocycles. The zero-order valence-corrected chi connectivity index (χ0v) is 23.5. The molecule has 6 heteroatoms. The number of fused-ring (bicyclic) bond motifs is 4. The van der Waals surface area contributed by atoms with E-state index in [0.717, 1.165) is 44.7 Å². The Bertz CT molecular complexity index is 1860. The van der Waals surface area contributed by atoms with Crippen LogP contribution in [0.15, 0.2) is 132 Å². The largest absolute Gasteiger partial charge is 0.624 e. The van der Waals surface area contributed by atoms with Gasteiger partial charge in [0.25, 0.3) is 0 Å². The Hall–Kier alpha value is -4.77. The van der Waals surface area contributed by atoms with E-state index < -0.39 is 0 Å². The standard InChI is InChI=1S/C19H12N.C15H9N2O2.Ir/c1-2-7-16-13-17(10-9-14(16)5-1)19-12-11-15-6-3-4-8-18(15)20-19;1-3-7-12-10(5-1)16-14(18-12)9-15-17-11-6-2-4-8-13(11)19-15;/h1-9,11-13H;1-9H;/q2*-1;/b;14-9+;. The van der Waals surface area contributed by atoms with Gasteiger partial charge in [0.2, 0.25) is 5.89 Å². The van der Waals surface area contributed by atoms with Gasteiger partial charge in [0, 0.05) is 32.1 Å². The van der Waals surface area contributed by atoms with Crippen LogP contribution in [0.25, 0.3) is 55.4 Å². The minimum atomic E-state index is 0. The number of para-hydroxylation sites is 5. The summed E-state index contributed by atoms with van der Waals surface area (Å²) in [5.41, 5.74) is 5.43. The van der Waals surface area contributed by atoms with Gasteiger partial charge in [-0.15, -0.1) is 29.1 Å². The van der Waals surface area contributed by atoms with Gasteiger partial charge in [-0.3, -0.25) is 4.98 Å². The summed E-state index contributed by atoms with van der Waals surface area (Å²) in [5.74, 6) is 1.74. The van der Waals surface area contributed by atoms with E-state index in [2.05, 4.69) is 58.8 Å². The maximum absolute atomic E-state index is 5.60. The fourth-order valence-electron chi connectivity index (χ4n) is 4.50. The van der Waals surface area contributed by atoms with Crippen molar-refractivity contribution < 1.29 is 29.3 Å². The molecule has 0 N–H and O–H groups in total. The topological polar surface area (TPSA) is 62.2 Å². The van der Waals surface area contributed by atoms with Gasteiger partial charge in [0.05, 0.1) is 5.52 Å². The molecule has 0 bridgehead atoms. The first-order chi connectivity index (χ1) is 19.3. The first kappa shape index (κ1) is 25.5. The van der Waals surface area contributed by atoms with Crippen LogP contribution in [0.4, 0.5) is 5.69 Å². The molecule has 5 aromatic carbocycles. The molecule has 2 aromatic heterocycles. The van der Waals surface area contributed by atoms with Crippen molar-refractivity contribution in [2.45, 2.75) is 0 Å². The van der Waals surface area contributed by atoms with E-state index in [1.54, 1.807) is 6.08 Å². The Morgan fingerprint density at radius 1 is 0.675 bits per heavy atom. The maximum Gasteiger partial charge on any atom is 0.221 e. The summed E-state index contributed by atoms with van der Waals surface area (Å²) in [7, 11) is 0. The average Bonchev–Trinajstić information content (AvgIpc) is 3.60. The molecule has 40 heavy (non-hydrogen) atoms. The predicted molar refractivity (Wildman–Crippen MR) is 156 cm³/mol. The third kappa shape index (κ3) is 5.23. The average molecular weight is 696 g/mol. The van der Waals surface area contributed by atoms with Crippen molar-refractivity contribution >= 4 is 44.5 Å². The number of ether oxygens (including phenoxy) is 1. The molecule has 8 rings (SSSR count). The molecule has 0 saturated heterocycles. The second-order valence-corrected chi connectivity index (χ2v) is 9.05. The Labute approximate surface area is 244 Å². The van der Waals surface area contributed by atoms with Crippen molar-refractivity contribution in [1.82, 2.24) is 9.97 Å². The Morgan fingerprint density at radius 2 is 1.40 bits per heavy atom. The van der Waals surface area contributed by atoms with Gasteiger partial charge in [-0.2, -0.15) is 0 Å². The maximum atomic E-state index is 5.60. The Kier molecular flexibility index (Phi) is 7.11. The van der Waals surface area contributed by atoms with Gasteiger partial charge in [0.1, 0.15) is 11.3 Å². The van der Waals surface area contributed by atoms with Crippen molar-refractivity contribution in [3.63, 3.8) is 0 Å². The van der Waals surface area contributed by atoms with Crippen LogP contribution in [-0.2, 0) is 20.1 Å². The first-order valence-electron chi connectivity index (χ1n) is 12.6. The number of hydrogen-bond acceptors (Lipinski definition) is 4. The Balaban J connectivity index is 0.000000141. The normalized spacial score (nSPS) is 12.8. The van der Waals surface area contributed by atoms with E-state index in [4.69, 9.17) is 14.1 Å². The number of rotatable bonds is 2. The van der Waals surface area contributed by atoms with E-state index in [9.17, 15) is 0 Å². The fourth-order valence-corrected chi connectivity index (χ4v) is 4.50. The van der Waals surface area contributed by atoms with Gasteiger partial charge in [0.15, 0.2) is 5.58 Å². The summed E-state index contributed by atoms with van der Waals surface area (Å²) < 4.78 is 11.2. The predicted octanol–water partition coefficient (Wildman–Crippen LogP) is 9.08. The summed E-state index contributed by atoms with van der Waals surface area (Å²) >= 11 is 0. The summed E-state index contributed by atoms with van der Waals surface area (Å²) in [6.07, 6.45) is 1.69. The van der Waals surface area contributed by atoms with Gasteiger partial charge < -0.3 is 14.5 Å². The SMILES string of the molecule is C(=C1/[N-]c2ccccc2O1)/c1nc2ccccc2o1.[Ir].[c-]1cc2ccccc2cc1-c1ccc2ccccc2n1. The minimum Gasteiger partial charge on any atom is -0.624 e. The van der Waals surface area contributed by atoms with E-state index >= 15 is 0 Å². The van der Waals surface area contributed by atoms with Crippen molar-refractivity contribution in [2.24, 2.45) is 0 Å². The van der Waals surface area contributed by atoms with E-state index in [1.165, 1.54) is 10.8 Å². The third-order valence-electron chi connectivity index (χ3n) is 6.42. The number of benzene rings is 5. The molecule has 1 aliphatic heterocycles. The number of aromatic nitrogens is 2. The van der Waals surface area contributed by atoms with Gasteiger partial charge in [-0.25, -0.2) is 4.98 Å². The number of hydrogen-bond donors (Lipinski definition) is 0. The van der Waals surface area contributed by atoms with Gasteiger partial charge in [-0.05, 0) is 35.3 Å². The van der Waals surface area contributed by atoms with Gasteiger partial charge >= 0.3 is 0 Å². The van der Waals surface area contributed by atoms with Crippen molar-refractivity contribution in [3.05, 3.63) is 144 Å². The molecular formula is C34H21IrN3O2-2. The summed E-state index contributed by atoms with van der Waals surface area (Å²) in [6, 6.07) is 43.4. The molecule has 3 heterocycles. The van der Waals surface area contributed by atoms with Crippen LogP contribution in [0.3, 0.4) is 0 Å². The van der Waals surface area contributed by atoms with E-state index in [1.807, 2.05) is 78.9 Å². The van der Waals surface area contributed by atoms with Crippen molar-refractivity contribution in [1.29, 1.82) is 0 Å². The van der Waals surface area contributed by atoms with Crippen LogP contribution in [0, 0.1) is 6.07 Å². The molecule has 195 valence electrons. The Morgan fingerprint density at radius 3 is 2.25 bits per heavy atom. The van der Waals surface area contributed by atoms with Crippen LogP contribution < -0.4 is 4.74 Å². The van der Waals surface area contributed by atoms with E-state index in [0.29, 0.717) is 11.8 Å². The van der Waals surface area contributed by atoms with Crippen LogP contribution in [-0.4, -0.2) is 9.97 Å². The molecule has 0 spiro atoms. The summed E-state index contributed by atoms with van der Waals surface area (Å²) in [6.45, 7) is 0. The minimum absolute atomic E-state index is 0. The molecule has 0 amide bonds. The molecule has 7 aromatic rings. The fraction of sp³-hybridized carbons (Fsp3) is 0. The molecular weight excluding hydrogens is 675 g/mol. The number of pyridine rings is 1. The van der Waals surface area contributed by atoms with E-state index in [-0.39, 0.29) is 20.1 Å². The monoisotopic (exact) mass is 696 g/mol. The smallest absolute Gasteiger partial charge is 0.221 e. The summed E-state index contributed by atoms with van der Waals surface area (Å²) in [5, 5.41) is 7.94. The third-order valence-corrected chi connectivity index (χ3v) is 6.42. The molecule has 1 aliphatic rings. The van der Waals surface area contributed by atoms with Crippen LogP contribution in [0.5, 0.6) is 5.75 Å². The molecule has 1 radical (unpaired) electrons. The molecule has 0 unspecified atom stereocenters. The van der Waals surface area contributed by atoms with Crippen LogP contribution >= 0.6 is 0 Å². The molecule has 0 atom stereocenters. The summed E-state index contributed by atoms with van der Waals surface area (Å²) in [4.78, 5) is 9.08. The molecule has 5 nitrogen and oxygen atoms in total. The van der Waals surface area contributed by atoms with Crippen molar-refractivity contribution in [3.8, 4) is 17.0 Å². The number of oxazole rings is 1. The van der Waals surface area contributed by atoms with Crippen LogP contribution in [0.1, 0.15) is 5.89 Å².